The Labute approximate surface area is 207 Å². The molecule has 1 rings (SSSR count). The Morgan fingerprint density at radius 3 is 1.65 bits per heavy atom. The number of unbranched alkanes of at least 4 members (excludes halogenated alkanes) is 13. The molecule has 0 heterocycles. The second kappa shape index (κ2) is 17.6. The van der Waals surface area contributed by atoms with E-state index in [1.165, 1.54) is 76.0 Å². The fourth-order valence-electron chi connectivity index (χ4n) is 3.89. The maximum Gasteiger partial charge on any atom is 0.471 e. The number of carbonyl (C=O) groups excluding carboxylic acids is 2. The van der Waals surface area contributed by atoms with Gasteiger partial charge in [0.2, 0.25) is 5.24 Å². The van der Waals surface area contributed by atoms with Crippen LogP contribution in [0.3, 0.4) is 0 Å². The van der Waals surface area contributed by atoms with Crippen LogP contribution in [0.1, 0.15) is 102 Å². The zero-order chi connectivity index (χ0) is 25.2. The van der Waals surface area contributed by atoms with Gasteiger partial charge in [0, 0.05) is 12.2 Å². The van der Waals surface area contributed by atoms with Crippen molar-refractivity contribution in [2.75, 3.05) is 11.4 Å². The van der Waals surface area contributed by atoms with Crippen LogP contribution in [-0.2, 0) is 9.59 Å². The first-order valence-corrected chi connectivity index (χ1v) is 13.0. The van der Waals surface area contributed by atoms with Crippen molar-refractivity contribution in [2.24, 2.45) is 0 Å². The monoisotopic (exact) mass is 501 g/mol. The van der Waals surface area contributed by atoms with Gasteiger partial charge in [-0.2, -0.15) is 13.2 Å². The van der Waals surface area contributed by atoms with E-state index in [2.05, 4.69) is 6.92 Å². The zero-order valence-electron chi connectivity index (χ0n) is 20.3. The number of amides is 1. The molecule has 0 spiro atoms. The van der Waals surface area contributed by atoms with Crippen LogP contribution in [0.2, 0.25) is 0 Å². The summed E-state index contributed by atoms with van der Waals surface area (Å²) in [5.41, 5.74) is 0.792. The van der Waals surface area contributed by atoms with Crippen molar-refractivity contribution in [1.29, 1.82) is 0 Å². The van der Waals surface area contributed by atoms with Crippen LogP contribution >= 0.6 is 11.6 Å². The Morgan fingerprint density at radius 1 is 0.794 bits per heavy atom. The molecule has 0 fully saturated rings. The summed E-state index contributed by atoms with van der Waals surface area (Å²) in [6.07, 6.45) is 13.9. The summed E-state index contributed by atoms with van der Waals surface area (Å²) in [5, 5.41) is -0.643. The molecule has 0 aromatic heterocycles. The largest absolute Gasteiger partial charge is 0.471 e. The molecule has 0 saturated carbocycles. The van der Waals surface area contributed by atoms with Crippen LogP contribution in [0.25, 0.3) is 6.08 Å². The van der Waals surface area contributed by atoms with Gasteiger partial charge in [-0.25, -0.2) is 0 Å². The molecule has 1 amide bonds. The van der Waals surface area contributed by atoms with Crippen LogP contribution in [0.4, 0.5) is 18.9 Å². The molecule has 1 aromatic carbocycles. The minimum atomic E-state index is -4.93. The number of allylic oxidation sites excluding steroid dienone is 1. The quantitative estimate of drug-likeness (QED) is 0.114. The van der Waals surface area contributed by atoms with Gasteiger partial charge in [-0.3, -0.25) is 9.59 Å². The number of benzene rings is 1. The summed E-state index contributed by atoms with van der Waals surface area (Å²) in [6.45, 7) is 2.25. The molecule has 1 aromatic rings. The van der Waals surface area contributed by atoms with Gasteiger partial charge in [0.1, 0.15) is 0 Å². The Balaban J connectivity index is 2.34. The fourth-order valence-corrected chi connectivity index (χ4v) is 3.96. The lowest BCUT2D eigenvalue weighted by Crippen LogP contribution is -2.41. The summed E-state index contributed by atoms with van der Waals surface area (Å²) in [7, 11) is 0. The van der Waals surface area contributed by atoms with E-state index in [0.717, 1.165) is 36.7 Å². The van der Waals surface area contributed by atoms with Gasteiger partial charge in [0.25, 0.3) is 0 Å². The SMILES string of the molecule is CCCCCCCCCCCCCCCCN(C(=O)C(F)(F)F)c1ccc(C=CC(=O)Cl)cc1. The van der Waals surface area contributed by atoms with Crippen molar-refractivity contribution in [3.8, 4) is 0 Å². The van der Waals surface area contributed by atoms with E-state index in [4.69, 9.17) is 11.6 Å². The predicted octanol–water partition coefficient (Wildman–Crippen LogP) is 8.84. The summed E-state index contributed by atoms with van der Waals surface area (Å²) < 4.78 is 39.3. The summed E-state index contributed by atoms with van der Waals surface area (Å²) in [6, 6.07) is 6.00. The third-order valence-electron chi connectivity index (χ3n) is 5.83. The van der Waals surface area contributed by atoms with E-state index in [1.807, 2.05) is 0 Å². The minimum Gasteiger partial charge on any atom is -0.305 e. The summed E-state index contributed by atoms with van der Waals surface area (Å²) in [5.74, 6) is -1.86. The van der Waals surface area contributed by atoms with Gasteiger partial charge in [-0.05, 0) is 41.8 Å². The van der Waals surface area contributed by atoms with Gasteiger partial charge in [-0.1, -0.05) is 109 Å². The molecule has 0 bridgehead atoms. The molecule has 0 aliphatic rings. The van der Waals surface area contributed by atoms with E-state index in [-0.39, 0.29) is 12.2 Å². The average Bonchev–Trinajstić information content (AvgIpc) is 2.80. The van der Waals surface area contributed by atoms with Crippen molar-refractivity contribution in [2.45, 2.75) is 103 Å². The summed E-state index contributed by atoms with van der Waals surface area (Å²) in [4.78, 5) is 23.6. The van der Waals surface area contributed by atoms with Crippen molar-refractivity contribution in [3.63, 3.8) is 0 Å². The highest BCUT2D eigenvalue weighted by Crippen LogP contribution is 2.25. The van der Waals surface area contributed by atoms with Gasteiger partial charge in [0.15, 0.2) is 0 Å². The number of anilines is 1. The van der Waals surface area contributed by atoms with E-state index < -0.39 is 17.3 Å². The van der Waals surface area contributed by atoms with Crippen LogP contribution in [0.15, 0.2) is 30.3 Å². The maximum absolute atomic E-state index is 13.1. The third kappa shape index (κ3) is 13.8. The molecule has 0 atom stereocenters. The predicted molar refractivity (Wildman–Crippen MR) is 135 cm³/mol. The molecule has 0 aliphatic heterocycles. The lowest BCUT2D eigenvalue weighted by Gasteiger charge is -2.24. The van der Waals surface area contributed by atoms with Crippen molar-refractivity contribution < 1.29 is 22.8 Å². The Hall–Kier alpha value is -1.82. The lowest BCUT2D eigenvalue weighted by atomic mass is 10.0. The van der Waals surface area contributed by atoms with Crippen LogP contribution in [-0.4, -0.2) is 23.9 Å². The summed E-state index contributed by atoms with van der Waals surface area (Å²) >= 11 is 5.25. The zero-order valence-corrected chi connectivity index (χ0v) is 21.1. The van der Waals surface area contributed by atoms with E-state index in [0.29, 0.717) is 12.0 Å². The molecular weight excluding hydrogens is 463 g/mol. The lowest BCUT2D eigenvalue weighted by molar-refractivity contribution is -0.170. The van der Waals surface area contributed by atoms with Gasteiger partial charge >= 0.3 is 12.1 Å². The Morgan fingerprint density at radius 2 is 1.24 bits per heavy atom. The number of alkyl halides is 3. The number of halogens is 4. The van der Waals surface area contributed by atoms with Crippen LogP contribution in [0, 0.1) is 0 Å². The standard InChI is InChI=1S/C27H39ClF3NO2/c1-2-3-4-5-6-7-8-9-10-11-12-13-14-15-22-32(26(34)27(29,30)31)24-19-16-23(17-20-24)18-21-25(28)33/h16-21H,2-15,22H2,1H3. The number of carbonyl (C=O) groups is 2. The molecule has 0 unspecified atom stereocenters. The Bertz CT molecular complexity index is 732. The van der Waals surface area contributed by atoms with Crippen LogP contribution in [0.5, 0.6) is 0 Å². The number of nitrogens with zero attached hydrogens (tertiary/aromatic N) is 1. The third-order valence-corrected chi connectivity index (χ3v) is 5.96. The highest BCUT2D eigenvalue weighted by Gasteiger charge is 2.42. The van der Waals surface area contributed by atoms with E-state index >= 15 is 0 Å². The van der Waals surface area contributed by atoms with Crippen molar-refractivity contribution >= 4 is 34.5 Å². The Kier molecular flexibility index (Phi) is 15.6. The maximum atomic E-state index is 13.1. The second-order valence-corrected chi connectivity index (χ2v) is 9.15. The highest BCUT2D eigenvalue weighted by molar-refractivity contribution is 6.66. The molecule has 0 aliphatic carbocycles. The molecular formula is C27H39ClF3NO2. The van der Waals surface area contributed by atoms with E-state index in [1.54, 1.807) is 12.1 Å². The fraction of sp³-hybridized carbons (Fsp3) is 0.630. The molecule has 0 saturated heterocycles. The molecule has 0 N–H and O–H groups in total. The second-order valence-electron chi connectivity index (χ2n) is 8.78. The highest BCUT2D eigenvalue weighted by atomic mass is 35.5. The average molecular weight is 502 g/mol. The van der Waals surface area contributed by atoms with Gasteiger partial charge in [0.05, 0.1) is 0 Å². The molecule has 192 valence electrons. The number of hydrogen-bond donors (Lipinski definition) is 0. The van der Waals surface area contributed by atoms with Gasteiger partial charge in [-0.15, -0.1) is 0 Å². The minimum absolute atomic E-state index is 0.0196. The number of hydrogen-bond acceptors (Lipinski definition) is 2. The number of rotatable bonds is 18. The van der Waals surface area contributed by atoms with Gasteiger partial charge < -0.3 is 4.90 Å². The normalized spacial score (nSPS) is 11.8. The first-order valence-electron chi connectivity index (χ1n) is 12.6. The first kappa shape index (κ1) is 30.2. The molecule has 3 nitrogen and oxygen atoms in total. The van der Waals surface area contributed by atoms with E-state index in [9.17, 15) is 22.8 Å². The van der Waals surface area contributed by atoms with Crippen LogP contribution < -0.4 is 4.90 Å². The first-order chi connectivity index (χ1) is 16.3. The molecule has 0 radical (unpaired) electrons. The van der Waals surface area contributed by atoms with Crippen molar-refractivity contribution in [1.82, 2.24) is 0 Å². The smallest absolute Gasteiger partial charge is 0.305 e. The van der Waals surface area contributed by atoms with Crippen molar-refractivity contribution in [3.05, 3.63) is 35.9 Å². The molecule has 34 heavy (non-hydrogen) atoms. The topological polar surface area (TPSA) is 37.4 Å². The molecule has 7 heteroatoms.